The lowest BCUT2D eigenvalue weighted by molar-refractivity contribution is -0.126. The number of aromatic nitrogens is 2. The predicted octanol–water partition coefficient (Wildman–Crippen LogP) is 1.22. The van der Waals surface area contributed by atoms with Gasteiger partial charge in [0.25, 0.3) is 0 Å². The molecule has 1 amide bonds. The molecule has 6 nitrogen and oxygen atoms in total. The number of imidazole rings is 1. The van der Waals surface area contributed by atoms with Gasteiger partial charge in [-0.1, -0.05) is 6.92 Å². The predicted molar refractivity (Wildman–Crippen MR) is 84.9 cm³/mol. The monoisotopic (exact) mass is 307 g/mol. The Hall–Kier alpha value is -1.60. The number of amides is 1. The number of rotatable bonds is 4. The summed E-state index contributed by atoms with van der Waals surface area (Å²) in [6, 6.07) is 0. The molecule has 2 aromatic heterocycles. The van der Waals surface area contributed by atoms with Gasteiger partial charge in [-0.25, -0.2) is 4.98 Å². The van der Waals surface area contributed by atoms with Crippen molar-refractivity contribution < 1.29 is 4.79 Å². The van der Waals surface area contributed by atoms with Gasteiger partial charge in [-0.2, -0.15) is 0 Å². The van der Waals surface area contributed by atoms with Crippen LogP contribution in [-0.2, 0) is 11.3 Å². The number of anilines is 1. The first-order chi connectivity index (χ1) is 10.1. The van der Waals surface area contributed by atoms with Crippen molar-refractivity contribution in [2.24, 2.45) is 0 Å². The molecular formula is C14H21N5OS. The number of thiazole rings is 1. The molecule has 2 aromatic rings. The van der Waals surface area contributed by atoms with Gasteiger partial charge in [-0.15, -0.1) is 11.3 Å². The summed E-state index contributed by atoms with van der Waals surface area (Å²) < 4.78 is 2.12. The van der Waals surface area contributed by atoms with E-state index in [0.717, 1.165) is 36.1 Å². The van der Waals surface area contributed by atoms with E-state index in [4.69, 9.17) is 4.98 Å². The van der Waals surface area contributed by atoms with E-state index in [1.54, 1.807) is 11.3 Å². The molecule has 1 saturated heterocycles. The number of carbonyl (C=O) groups excluding carboxylic acids is 1. The fraction of sp³-hybridized carbons (Fsp3) is 0.571. The molecule has 0 aromatic carbocycles. The minimum absolute atomic E-state index is 0.0551. The van der Waals surface area contributed by atoms with Crippen molar-refractivity contribution in [3.8, 4) is 0 Å². The second kappa shape index (κ2) is 5.31. The Morgan fingerprint density at radius 3 is 3.10 bits per heavy atom. The maximum atomic E-state index is 12.2. The SMILES string of the molecule is CCNCc1c(N2CCNC(=O)C2(C)C)nc2sccn12. The highest BCUT2D eigenvalue weighted by molar-refractivity contribution is 7.15. The standard InChI is InChI=1S/C14H21N5OS/c1-4-15-9-10-11(17-13-18(10)7-8-21-13)19-6-5-16-12(20)14(19,2)3/h7-8,15H,4-6,9H2,1-3H3,(H,16,20). The van der Waals surface area contributed by atoms with Gasteiger partial charge >= 0.3 is 0 Å². The maximum absolute atomic E-state index is 12.2. The molecule has 1 aliphatic rings. The summed E-state index contributed by atoms with van der Waals surface area (Å²) in [4.78, 5) is 20.0. The molecule has 3 heterocycles. The van der Waals surface area contributed by atoms with Crippen LogP contribution >= 0.6 is 11.3 Å². The molecule has 0 atom stereocenters. The van der Waals surface area contributed by atoms with E-state index in [0.29, 0.717) is 6.54 Å². The van der Waals surface area contributed by atoms with Crippen LogP contribution in [0.25, 0.3) is 4.96 Å². The molecule has 0 aliphatic carbocycles. The first-order valence-electron chi connectivity index (χ1n) is 7.26. The highest BCUT2D eigenvalue weighted by Gasteiger charge is 2.40. The molecule has 2 N–H and O–H groups in total. The van der Waals surface area contributed by atoms with Gasteiger partial charge in [-0.05, 0) is 20.4 Å². The zero-order chi connectivity index (χ0) is 15.0. The third-order valence-corrected chi connectivity index (χ3v) is 4.75. The summed E-state index contributed by atoms with van der Waals surface area (Å²) in [5.74, 6) is 0.974. The third kappa shape index (κ3) is 2.30. The topological polar surface area (TPSA) is 61.7 Å². The Bertz CT molecular complexity index is 659. The highest BCUT2D eigenvalue weighted by Crippen LogP contribution is 2.30. The van der Waals surface area contributed by atoms with E-state index < -0.39 is 5.54 Å². The summed E-state index contributed by atoms with van der Waals surface area (Å²) >= 11 is 1.62. The van der Waals surface area contributed by atoms with Crippen molar-refractivity contribution in [2.45, 2.75) is 32.9 Å². The lowest BCUT2D eigenvalue weighted by atomic mass is 9.99. The van der Waals surface area contributed by atoms with Crippen LogP contribution in [0.2, 0.25) is 0 Å². The van der Waals surface area contributed by atoms with E-state index >= 15 is 0 Å². The number of carbonyl (C=O) groups is 1. The average Bonchev–Trinajstić information content (AvgIpc) is 3.00. The molecule has 1 aliphatic heterocycles. The molecule has 0 radical (unpaired) electrons. The van der Waals surface area contributed by atoms with Crippen molar-refractivity contribution in [1.82, 2.24) is 20.0 Å². The number of hydrogen-bond acceptors (Lipinski definition) is 5. The molecule has 7 heteroatoms. The van der Waals surface area contributed by atoms with Gasteiger partial charge in [0.1, 0.15) is 5.54 Å². The number of piperazine rings is 1. The molecule has 3 rings (SSSR count). The number of hydrogen-bond donors (Lipinski definition) is 2. The Morgan fingerprint density at radius 2 is 2.33 bits per heavy atom. The van der Waals surface area contributed by atoms with E-state index in [1.165, 1.54) is 0 Å². The van der Waals surface area contributed by atoms with E-state index in [9.17, 15) is 4.79 Å². The highest BCUT2D eigenvalue weighted by atomic mass is 32.1. The van der Waals surface area contributed by atoms with Gasteiger partial charge in [-0.3, -0.25) is 9.20 Å². The quantitative estimate of drug-likeness (QED) is 0.891. The summed E-state index contributed by atoms with van der Waals surface area (Å²) in [6.45, 7) is 9.08. The van der Waals surface area contributed by atoms with Crippen LogP contribution < -0.4 is 15.5 Å². The van der Waals surface area contributed by atoms with Gasteiger partial charge in [0.2, 0.25) is 5.91 Å². The molecule has 0 bridgehead atoms. The van der Waals surface area contributed by atoms with Gasteiger partial charge in [0, 0.05) is 31.2 Å². The zero-order valence-electron chi connectivity index (χ0n) is 12.6. The second-order valence-electron chi connectivity index (χ2n) is 5.68. The van der Waals surface area contributed by atoms with Crippen LogP contribution in [0.4, 0.5) is 5.82 Å². The summed E-state index contributed by atoms with van der Waals surface area (Å²) in [7, 11) is 0. The number of nitrogens with one attached hydrogen (secondary N) is 2. The van der Waals surface area contributed by atoms with Gasteiger partial charge < -0.3 is 15.5 Å². The minimum atomic E-state index is -0.580. The Labute approximate surface area is 128 Å². The molecule has 0 unspecified atom stereocenters. The normalized spacial score (nSPS) is 18.2. The molecular weight excluding hydrogens is 286 g/mol. The van der Waals surface area contributed by atoms with Gasteiger partial charge in [0.05, 0.1) is 5.69 Å². The molecule has 0 spiro atoms. The largest absolute Gasteiger partial charge is 0.352 e. The van der Waals surface area contributed by atoms with E-state index in [-0.39, 0.29) is 5.91 Å². The van der Waals surface area contributed by atoms with Crippen molar-refractivity contribution in [3.63, 3.8) is 0 Å². The summed E-state index contributed by atoms with van der Waals surface area (Å²) in [6.07, 6.45) is 2.04. The van der Waals surface area contributed by atoms with Crippen LogP contribution in [0.3, 0.4) is 0 Å². The van der Waals surface area contributed by atoms with Crippen molar-refractivity contribution in [2.75, 3.05) is 24.5 Å². The molecule has 0 saturated carbocycles. The second-order valence-corrected chi connectivity index (χ2v) is 6.56. The average molecular weight is 307 g/mol. The van der Waals surface area contributed by atoms with Crippen molar-refractivity contribution in [1.29, 1.82) is 0 Å². The number of fused-ring (bicyclic) bond motifs is 1. The fourth-order valence-electron chi connectivity index (χ4n) is 2.72. The van der Waals surface area contributed by atoms with Crippen LogP contribution in [0.5, 0.6) is 0 Å². The van der Waals surface area contributed by atoms with Gasteiger partial charge in [0.15, 0.2) is 10.8 Å². The minimum Gasteiger partial charge on any atom is -0.352 e. The molecule has 1 fully saturated rings. The van der Waals surface area contributed by atoms with Crippen LogP contribution in [0.1, 0.15) is 26.5 Å². The van der Waals surface area contributed by atoms with Crippen molar-refractivity contribution in [3.05, 3.63) is 17.3 Å². The third-order valence-electron chi connectivity index (χ3n) is 3.99. The van der Waals surface area contributed by atoms with Crippen LogP contribution in [0, 0.1) is 0 Å². The summed E-state index contributed by atoms with van der Waals surface area (Å²) in [5.41, 5.74) is 0.541. The first-order valence-corrected chi connectivity index (χ1v) is 8.14. The molecule has 114 valence electrons. The Morgan fingerprint density at radius 1 is 1.52 bits per heavy atom. The smallest absolute Gasteiger partial charge is 0.245 e. The number of nitrogens with zero attached hydrogens (tertiary/aromatic N) is 3. The first kappa shape index (κ1) is 14.3. The Kier molecular flexibility index (Phi) is 3.62. The van der Waals surface area contributed by atoms with Crippen LogP contribution in [0.15, 0.2) is 11.6 Å². The van der Waals surface area contributed by atoms with E-state index in [2.05, 4.69) is 26.9 Å². The van der Waals surface area contributed by atoms with E-state index in [1.807, 2.05) is 25.4 Å². The van der Waals surface area contributed by atoms with Crippen LogP contribution in [-0.4, -0.2) is 40.5 Å². The fourth-order valence-corrected chi connectivity index (χ4v) is 3.44. The van der Waals surface area contributed by atoms with Crippen molar-refractivity contribution >= 4 is 28.0 Å². The molecule has 21 heavy (non-hydrogen) atoms. The Balaban J connectivity index is 2.06. The zero-order valence-corrected chi connectivity index (χ0v) is 13.5. The maximum Gasteiger partial charge on any atom is 0.245 e. The summed E-state index contributed by atoms with van der Waals surface area (Å²) in [5, 5.41) is 8.34. The lowest BCUT2D eigenvalue weighted by Gasteiger charge is -2.41. The lowest BCUT2D eigenvalue weighted by Crippen LogP contribution is -2.62.